The number of fused-ring (bicyclic) bond motifs is 1. The average Bonchev–Trinajstić information content (AvgIpc) is 2.62. The van der Waals surface area contributed by atoms with Gasteiger partial charge in [0.2, 0.25) is 0 Å². The van der Waals surface area contributed by atoms with Gasteiger partial charge in [-0.1, -0.05) is 35.9 Å². The summed E-state index contributed by atoms with van der Waals surface area (Å²) in [6.45, 7) is 1.76. The van der Waals surface area contributed by atoms with Crippen LogP contribution in [0.15, 0.2) is 53.4 Å². The van der Waals surface area contributed by atoms with E-state index in [2.05, 4.69) is 5.32 Å². The molecule has 0 saturated carbocycles. The molecule has 3 rings (SSSR count). The molecule has 0 bridgehead atoms. The molecule has 0 aromatic heterocycles. The first kappa shape index (κ1) is 20.9. The number of nitrogens with one attached hydrogen (secondary N) is 1. The van der Waals surface area contributed by atoms with Crippen molar-refractivity contribution in [1.29, 1.82) is 0 Å². The molecule has 3 aromatic rings. The fourth-order valence-corrected chi connectivity index (χ4v) is 3.89. The van der Waals surface area contributed by atoms with E-state index in [4.69, 9.17) is 11.6 Å². The molecule has 2 N–H and O–H groups in total. The van der Waals surface area contributed by atoms with E-state index in [1.54, 1.807) is 31.2 Å². The van der Waals surface area contributed by atoms with Gasteiger partial charge in [-0.25, -0.2) is 8.42 Å². The van der Waals surface area contributed by atoms with Crippen LogP contribution in [-0.4, -0.2) is 24.9 Å². The number of carbonyl (C=O) groups is 1. The highest BCUT2D eigenvalue weighted by atomic mass is 35.5. The monoisotopic (exact) mass is 443 g/mol. The van der Waals surface area contributed by atoms with Crippen molar-refractivity contribution in [2.45, 2.75) is 17.3 Å². The quantitative estimate of drug-likeness (QED) is 0.593. The van der Waals surface area contributed by atoms with Crippen LogP contribution in [-0.2, 0) is 9.84 Å². The predicted molar refractivity (Wildman–Crippen MR) is 103 cm³/mol. The Morgan fingerprint density at radius 1 is 1.10 bits per heavy atom. The third-order valence-corrected chi connectivity index (χ3v) is 6.07. The summed E-state index contributed by atoms with van der Waals surface area (Å²) in [5, 5.41) is 13.7. The van der Waals surface area contributed by atoms with Crippen LogP contribution in [0.25, 0.3) is 10.8 Å². The second kappa shape index (κ2) is 7.23. The highest BCUT2D eigenvalue weighted by molar-refractivity contribution is 7.92. The molecule has 0 unspecified atom stereocenters. The van der Waals surface area contributed by atoms with E-state index in [0.29, 0.717) is 17.5 Å². The Bertz CT molecular complexity index is 1240. The summed E-state index contributed by atoms with van der Waals surface area (Å²) in [4.78, 5) is 11.5. The van der Waals surface area contributed by atoms with Gasteiger partial charge in [0.25, 0.3) is 15.7 Å². The van der Waals surface area contributed by atoms with Gasteiger partial charge in [0.15, 0.2) is 0 Å². The van der Waals surface area contributed by atoms with Crippen molar-refractivity contribution < 1.29 is 31.5 Å². The largest absolute Gasteiger partial charge is 0.506 e. The van der Waals surface area contributed by atoms with Gasteiger partial charge in [-0.2, -0.15) is 13.2 Å². The maximum Gasteiger partial charge on any atom is 0.501 e. The molecule has 152 valence electrons. The van der Waals surface area contributed by atoms with Crippen LogP contribution in [0.3, 0.4) is 0 Å². The third kappa shape index (κ3) is 3.75. The lowest BCUT2D eigenvalue weighted by molar-refractivity contribution is -0.0436. The lowest BCUT2D eigenvalue weighted by Gasteiger charge is -2.13. The maximum absolute atomic E-state index is 12.7. The molecule has 0 atom stereocenters. The fourth-order valence-electron chi connectivity index (χ4n) is 2.81. The van der Waals surface area contributed by atoms with Crippen molar-refractivity contribution in [3.8, 4) is 5.75 Å². The topological polar surface area (TPSA) is 83.5 Å². The number of benzene rings is 3. The van der Waals surface area contributed by atoms with Crippen LogP contribution in [0.4, 0.5) is 18.9 Å². The summed E-state index contributed by atoms with van der Waals surface area (Å²) >= 11 is 5.87. The van der Waals surface area contributed by atoms with Gasteiger partial charge in [-0.05, 0) is 42.1 Å². The Kier molecular flexibility index (Phi) is 5.22. The lowest BCUT2D eigenvalue weighted by Crippen LogP contribution is -2.23. The minimum absolute atomic E-state index is 0.0742. The molecule has 0 aliphatic rings. The molecular weight excluding hydrogens is 431 g/mol. The summed E-state index contributed by atoms with van der Waals surface area (Å²) < 4.78 is 60.9. The normalized spacial score (nSPS) is 12.2. The standard InChI is InChI=1S/C19H13ClF3NO4S/c1-10-3-2-4-11-5-7-13(17(25)16(10)11)18(26)24-15-8-6-12(9-14(15)20)29(27,28)19(21,22)23/h2-9,25H,1H3,(H,24,26). The van der Waals surface area contributed by atoms with Crippen molar-refractivity contribution in [3.63, 3.8) is 0 Å². The van der Waals surface area contributed by atoms with Crippen molar-refractivity contribution >= 4 is 43.8 Å². The molecule has 0 saturated heterocycles. The van der Waals surface area contributed by atoms with Crippen molar-refractivity contribution in [3.05, 3.63) is 64.7 Å². The third-order valence-electron chi connectivity index (χ3n) is 4.27. The van der Waals surface area contributed by atoms with Gasteiger partial charge in [0.05, 0.1) is 21.2 Å². The van der Waals surface area contributed by atoms with Crippen LogP contribution in [0.2, 0.25) is 5.02 Å². The predicted octanol–water partition coefficient (Wildman–Crippen LogP) is 5.05. The number of amides is 1. The van der Waals surface area contributed by atoms with Crippen molar-refractivity contribution in [2.75, 3.05) is 5.32 Å². The zero-order valence-electron chi connectivity index (χ0n) is 14.7. The van der Waals surface area contributed by atoms with Crippen LogP contribution in [0, 0.1) is 6.92 Å². The highest BCUT2D eigenvalue weighted by Crippen LogP contribution is 2.35. The van der Waals surface area contributed by atoms with E-state index in [9.17, 15) is 31.5 Å². The first-order valence-electron chi connectivity index (χ1n) is 8.07. The zero-order valence-corrected chi connectivity index (χ0v) is 16.3. The van der Waals surface area contributed by atoms with E-state index < -0.39 is 31.2 Å². The number of phenolic OH excluding ortho intramolecular Hbond substituents is 1. The number of alkyl halides is 3. The molecule has 0 heterocycles. The molecule has 0 fully saturated rings. The van der Waals surface area contributed by atoms with Crippen molar-refractivity contribution in [1.82, 2.24) is 0 Å². The molecule has 0 radical (unpaired) electrons. The minimum Gasteiger partial charge on any atom is -0.506 e. The van der Waals surface area contributed by atoms with Gasteiger partial charge >= 0.3 is 5.51 Å². The SMILES string of the molecule is Cc1cccc2ccc(C(=O)Nc3ccc(S(=O)(=O)C(F)(F)F)cc3Cl)c(O)c12. The van der Waals surface area contributed by atoms with Gasteiger partial charge in [0, 0.05) is 5.39 Å². The number of halogens is 4. The van der Waals surface area contributed by atoms with Gasteiger partial charge in [-0.3, -0.25) is 4.79 Å². The molecule has 0 spiro atoms. The smallest absolute Gasteiger partial charge is 0.501 e. The molecule has 3 aromatic carbocycles. The van der Waals surface area contributed by atoms with Crippen LogP contribution >= 0.6 is 11.6 Å². The lowest BCUT2D eigenvalue weighted by atomic mass is 10.0. The summed E-state index contributed by atoms with van der Waals surface area (Å²) in [5.74, 6) is -1.02. The number of hydrogen-bond donors (Lipinski definition) is 2. The second-order valence-electron chi connectivity index (χ2n) is 6.18. The number of phenols is 1. The van der Waals surface area contributed by atoms with Gasteiger partial charge < -0.3 is 10.4 Å². The number of rotatable bonds is 3. The Morgan fingerprint density at radius 2 is 1.79 bits per heavy atom. The summed E-state index contributed by atoms with van der Waals surface area (Å²) in [5.41, 5.74) is -4.91. The Labute approximate surface area is 168 Å². The average molecular weight is 444 g/mol. The van der Waals surface area contributed by atoms with Crippen molar-refractivity contribution in [2.24, 2.45) is 0 Å². The summed E-state index contributed by atoms with van der Waals surface area (Å²) in [6, 6.07) is 10.6. The number of hydrogen-bond acceptors (Lipinski definition) is 4. The molecule has 0 aliphatic carbocycles. The first-order chi connectivity index (χ1) is 13.4. The highest BCUT2D eigenvalue weighted by Gasteiger charge is 2.47. The molecule has 1 amide bonds. The van der Waals surface area contributed by atoms with E-state index in [-0.39, 0.29) is 17.0 Å². The Morgan fingerprint density at radius 3 is 2.41 bits per heavy atom. The maximum atomic E-state index is 12.7. The number of carbonyl (C=O) groups excluding carboxylic acids is 1. The van der Waals surface area contributed by atoms with E-state index in [1.807, 2.05) is 0 Å². The number of anilines is 1. The Balaban J connectivity index is 1.95. The summed E-state index contributed by atoms with van der Waals surface area (Å²) in [7, 11) is -5.57. The van der Waals surface area contributed by atoms with Gasteiger partial charge in [0.1, 0.15) is 5.75 Å². The second-order valence-corrected chi connectivity index (χ2v) is 8.53. The van der Waals surface area contributed by atoms with Crippen LogP contribution in [0.1, 0.15) is 15.9 Å². The first-order valence-corrected chi connectivity index (χ1v) is 9.93. The van der Waals surface area contributed by atoms with E-state index in [0.717, 1.165) is 17.0 Å². The van der Waals surface area contributed by atoms with E-state index >= 15 is 0 Å². The Hall–Kier alpha value is -2.78. The molecule has 5 nitrogen and oxygen atoms in total. The van der Waals surface area contributed by atoms with Gasteiger partial charge in [-0.15, -0.1) is 0 Å². The number of sulfone groups is 1. The minimum atomic E-state index is -5.57. The van der Waals surface area contributed by atoms with E-state index in [1.165, 1.54) is 6.07 Å². The molecule has 10 heteroatoms. The zero-order chi connectivity index (χ0) is 21.6. The fraction of sp³-hybridized carbons (Fsp3) is 0.105. The molecule has 0 aliphatic heterocycles. The number of aromatic hydroxyl groups is 1. The molecule has 29 heavy (non-hydrogen) atoms. The summed E-state index contributed by atoms with van der Waals surface area (Å²) in [6.07, 6.45) is 0. The van der Waals surface area contributed by atoms with Crippen LogP contribution < -0.4 is 5.32 Å². The molecular formula is C19H13ClF3NO4S. The number of aryl methyl sites for hydroxylation is 1. The van der Waals surface area contributed by atoms with Crippen LogP contribution in [0.5, 0.6) is 5.75 Å².